The molecule has 0 bridgehead atoms. The average Bonchev–Trinajstić information content (AvgIpc) is 3.22. The van der Waals surface area contributed by atoms with Crippen LogP contribution in [-0.2, 0) is 0 Å². The van der Waals surface area contributed by atoms with Crippen molar-refractivity contribution < 1.29 is 4.42 Å². The van der Waals surface area contributed by atoms with E-state index in [1.165, 1.54) is 0 Å². The fourth-order valence-corrected chi connectivity index (χ4v) is 3.75. The zero-order valence-corrected chi connectivity index (χ0v) is 13.7. The smallest absolute Gasteiger partial charge is 0.326 e. The number of anilines is 1. The maximum atomic E-state index is 12.4. The molecule has 1 fully saturated rings. The number of para-hydroxylation sites is 4. The first-order valence-electron chi connectivity index (χ1n) is 8.59. The van der Waals surface area contributed by atoms with Crippen LogP contribution in [0.3, 0.4) is 0 Å². The number of fused-ring (bicyclic) bond motifs is 2. The highest BCUT2D eigenvalue weighted by molar-refractivity contribution is 5.75. The zero-order valence-electron chi connectivity index (χ0n) is 13.7. The molecule has 1 aliphatic rings. The number of aromatic amines is 1. The lowest BCUT2D eigenvalue weighted by Crippen LogP contribution is -2.37. The third-order valence-electron chi connectivity index (χ3n) is 5.01. The molecule has 25 heavy (non-hydrogen) atoms. The molecule has 3 heterocycles. The molecule has 6 nitrogen and oxygen atoms in total. The largest absolute Gasteiger partial charge is 0.423 e. The van der Waals surface area contributed by atoms with Gasteiger partial charge in [0.1, 0.15) is 5.52 Å². The Hall–Kier alpha value is -3.02. The summed E-state index contributed by atoms with van der Waals surface area (Å²) in [5.41, 5.74) is 3.54. The first kappa shape index (κ1) is 14.3. The highest BCUT2D eigenvalue weighted by atomic mass is 16.4. The van der Waals surface area contributed by atoms with Crippen LogP contribution in [0.5, 0.6) is 0 Å². The van der Waals surface area contributed by atoms with Crippen molar-refractivity contribution in [2.45, 2.75) is 18.9 Å². The quantitative estimate of drug-likeness (QED) is 0.611. The summed E-state index contributed by atoms with van der Waals surface area (Å²) in [6, 6.07) is 16.5. The van der Waals surface area contributed by atoms with Crippen LogP contribution < -0.4 is 10.6 Å². The molecule has 5 rings (SSSR count). The van der Waals surface area contributed by atoms with Crippen molar-refractivity contribution in [2.24, 2.45) is 0 Å². The van der Waals surface area contributed by atoms with E-state index in [1.807, 2.05) is 53.1 Å². The second kappa shape index (κ2) is 5.51. The second-order valence-corrected chi connectivity index (χ2v) is 6.50. The molecule has 1 aliphatic heterocycles. The highest BCUT2D eigenvalue weighted by Gasteiger charge is 2.25. The van der Waals surface area contributed by atoms with Crippen LogP contribution in [0.4, 0.5) is 6.01 Å². The first-order valence-corrected chi connectivity index (χ1v) is 8.59. The first-order chi connectivity index (χ1) is 12.3. The number of imidazole rings is 1. The summed E-state index contributed by atoms with van der Waals surface area (Å²) in [7, 11) is 0. The molecule has 6 heteroatoms. The van der Waals surface area contributed by atoms with Gasteiger partial charge in [0.2, 0.25) is 0 Å². The van der Waals surface area contributed by atoms with Gasteiger partial charge in [0.05, 0.1) is 11.0 Å². The van der Waals surface area contributed by atoms with E-state index in [2.05, 4.69) is 14.9 Å². The van der Waals surface area contributed by atoms with Gasteiger partial charge in [-0.3, -0.25) is 4.57 Å². The number of benzene rings is 2. The monoisotopic (exact) mass is 334 g/mol. The Balaban J connectivity index is 1.40. The number of rotatable bonds is 2. The summed E-state index contributed by atoms with van der Waals surface area (Å²) in [6.07, 6.45) is 1.78. The van der Waals surface area contributed by atoms with Gasteiger partial charge >= 0.3 is 5.69 Å². The fourth-order valence-electron chi connectivity index (χ4n) is 3.75. The highest BCUT2D eigenvalue weighted by Crippen LogP contribution is 2.29. The van der Waals surface area contributed by atoms with E-state index in [9.17, 15) is 4.79 Å². The Morgan fingerprint density at radius 3 is 2.64 bits per heavy atom. The summed E-state index contributed by atoms with van der Waals surface area (Å²) in [4.78, 5) is 22.1. The van der Waals surface area contributed by atoms with Gasteiger partial charge in [-0.1, -0.05) is 24.3 Å². The molecule has 0 unspecified atom stereocenters. The maximum Gasteiger partial charge on any atom is 0.326 e. The Kier molecular flexibility index (Phi) is 3.16. The molecule has 4 aromatic rings. The number of hydrogen-bond donors (Lipinski definition) is 1. The number of nitrogens with zero attached hydrogens (tertiary/aromatic N) is 3. The van der Waals surface area contributed by atoms with E-state index in [-0.39, 0.29) is 11.7 Å². The standard InChI is InChI=1S/C19H18N4O2/c24-18-20-14-5-1-3-7-16(14)23(18)13-9-11-22(12-10-13)19-21-15-6-2-4-8-17(15)25-19/h1-8,13H,9-12H2,(H,20,24). The molecule has 2 aromatic carbocycles. The van der Waals surface area contributed by atoms with Crippen molar-refractivity contribution in [1.82, 2.24) is 14.5 Å². The molecule has 0 aliphatic carbocycles. The molecular weight excluding hydrogens is 316 g/mol. The van der Waals surface area contributed by atoms with Gasteiger partial charge in [0.25, 0.3) is 6.01 Å². The molecule has 2 aromatic heterocycles. The molecule has 0 atom stereocenters. The lowest BCUT2D eigenvalue weighted by atomic mass is 10.0. The van der Waals surface area contributed by atoms with E-state index in [4.69, 9.17) is 4.42 Å². The van der Waals surface area contributed by atoms with Crippen molar-refractivity contribution in [3.05, 3.63) is 59.0 Å². The van der Waals surface area contributed by atoms with Crippen LogP contribution >= 0.6 is 0 Å². The van der Waals surface area contributed by atoms with Crippen molar-refractivity contribution in [3.8, 4) is 0 Å². The number of piperidine rings is 1. The van der Waals surface area contributed by atoms with Gasteiger partial charge in [-0.15, -0.1) is 0 Å². The van der Waals surface area contributed by atoms with E-state index in [0.717, 1.165) is 48.1 Å². The topological polar surface area (TPSA) is 67.1 Å². The van der Waals surface area contributed by atoms with Gasteiger partial charge in [-0.2, -0.15) is 4.98 Å². The normalized spacial score (nSPS) is 16.1. The summed E-state index contributed by atoms with van der Waals surface area (Å²) in [5, 5.41) is 0. The minimum absolute atomic E-state index is 0.0264. The van der Waals surface area contributed by atoms with Crippen molar-refractivity contribution >= 4 is 28.1 Å². The summed E-state index contributed by atoms with van der Waals surface area (Å²) in [6.45, 7) is 1.65. The molecule has 0 amide bonds. The molecule has 0 spiro atoms. The van der Waals surface area contributed by atoms with Crippen molar-refractivity contribution in [2.75, 3.05) is 18.0 Å². The summed E-state index contributed by atoms with van der Waals surface area (Å²) >= 11 is 0. The Morgan fingerprint density at radius 2 is 1.80 bits per heavy atom. The number of hydrogen-bond acceptors (Lipinski definition) is 4. The van der Waals surface area contributed by atoms with E-state index in [1.54, 1.807) is 0 Å². The van der Waals surface area contributed by atoms with Crippen LogP contribution in [0.25, 0.3) is 22.1 Å². The van der Waals surface area contributed by atoms with Crippen LogP contribution in [0, 0.1) is 0 Å². The SMILES string of the molecule is O=c1[nH]c2ccccc2n1C1CCN(c2nc3ccccc3o2)CC1. The van der Waals surface area contributed by atoms with Crippen molar-refractivity contribution in [1.29, 1.82) is 0 Å². The number of H-pyrrole nitrogens is 1. The third kappa shape index (κ3) is 2.33. The second-order valence-electron chi connectivity index (χ2n) is 6.50. The number of aromatic nitrogens is 3. The minimum atomic E-state index is -0.0264. The molecule has 0 radical (unpaired) electrons. The van der Waals surface area contributed by atoms with Crippen LogP contribution in [-0.4, -0.2) is 27.6 Å². The lowest BCUT2D eigenvalue weighted by Gasteiger charge is -2.31. The third-order valence-corrected chi connectivity index (χ3v) is 5.01. The molecule has 126 valence electrons. The zero-order chi connectivity index (χ0) is 16.8. The fraction of sp³-hybridized carbons (Fsp3) is 0.263. The summed E-state index contributed by atoms with van der Waals surface area (Å²) < 4.78 is 7.77. The van der Waals surface area contributed by atoms with E-state index in [0.29, 0.717) is 6.01 Å². The number of oxazole rings is 1. The Labute approximate surface area is 143 Å². The van der Waals surface area contributed by atoms with Crippen LogP contribution in [0.2, 0.25) is 0 Å². The molecular formula is C19H18N4O2. The summed E-state index contributed by atoms with van der Waals surface area (Å²) in [5.74, 6) is 0. The molecule has 1 N–H and O–H groups in total. The van der Waals surface area contributed by atoms with Crippen LogP contribution in [0.1, 0.15) is 18.9 Å². The molecule has 1 saturated heterocycles. The van der Waals surface area contributed by atoms with Gasteiger partial charge in [-0.25, -0.2) is 4.79 Å². The molecule has 0 saturated carbocycles. The van der Waals surface area contributed by atoms with Gasteiger partial charge in [0.15, 0.2) is 5.58 Å². The Morgan fingerprint density at radius 1 is 1.04 bits per heavy atom. The predicted octanol–water partition coefficient (Wildman–Crippen LogP) is 3.31. The predicted molar refractivity (Wildman–Crippen MR) is 97.1 cm³/mol. The van der Waals surface area contributed by atoms with Crippen molar-refractivity contribution in [3.63, 3.8) is 0 Å². The van der Waals surface area contributed by atoms with E-state index >= 15 is 0 Å². The van der Waals surface area contributed by atoms with Gasteiger partial charge < -0.3 is 14.3 Å². The number of nitrogens with one attached hydrogen (secondary N) is 1. The average molecular weight is 334 g/mol. The van der Waals surface area contributed by atoms with Gasteiger partial charge in [-0.05, 0) is 37.1 Å². The van der Waals surface area contributed by atoms with Crippen LogP contribution in [0.15, 0.2) is 57.7 Å². The lowest BCUT2D eigenvalue weighted by molar-refractivity contribution is 0.383. The van der Waals surface area contributed by atoms with Gasteiger partial charge in [0, 0.05) is 19.1 Å². The minimum Gasteiger partial charge on any atom is -0.423 e. The maximum absolute atomic E-state index is 12.4. The van der Waals surface area contributed by atoms with E-state index < -0.39 is 0 Å². The Bertz CT molecular complexity index is 1070.